The summed E-state index contributed by atoms with van der Waals surface area (Å²) in [6.45, 7) is 8.33. The van der Waals surface area contributed by atoms with Crippen LogP contribution in [0, 0.1) is 0 Å². The van der Waals surface area contributed by atoms with Gasteiger partial charge in [0.1, 0.15) is 0 Å². The maximum Gasteiger partial charge on any atom is 0.246 e. The zero-order valence-electron chi connectivity index (χ0n) is 7.59. The third kappa shape index (κ3) is 3.05. The fourth-order valence-corrected chi connectivity index (χ4v) is 0.918. The third-order valence-corrected chi connectivity index (χ3v) is 1.62. The van der Waals surface area contributed by atoms with E-state index in [4.69, 9.17) is 4.74 Å². The van der Waals surface area contributed by atoms with Gasteiger partial charge in [-0.1, -0.05) is 6.58 Å². The number of carbonyl (C=O) groups excluding carboxylic acids is 1. The van der Waals surface area contributed by atoms with Crippen molar-refractivity contribution in [1.29, 1.82) is 0 Å². The van der Waals surface area contributed by atoms with Crippen LogP contribution >= 0.6 is 0 Å². The number of carbonyl (C=O) groups is 1. The van der Waals surface area contributed by atoms with E-state index in [-0.39, 0.29) is 18.1 Å². The summed E-state index contributed by atoms with van der Waals surface area (Å²) in [5, 5.41) is 2.78. The molecular formula is C9H15NO2. The lowest BCUT2D eigenvalue weighted by molar-refractivity contribution is -0.118. The van der Waals surface area contributed by atoms with Crippen LogP contribution in [-0.4, -0.2) is 24.7 Å². The first-order valence-corrected chi connectivity index (χ1v) is 4.20. The molecule has 1 amide bonds. The lowest BCUT2D eigenvalue weighted by Gasteiger charge is -2.08. The molecule has 1 aliphatic heterocycles. The summed E-state index contributed by atoms with van der Waals surface area (Å²) >= 11 is 0. The molecule has 1 saturated heterocycles. The molecule has 1 heterocycles. The van der Waals surface area contributed by atoms with Crippen molar-refractivity contribution in [3.63, 3.8) is 0 Å². The van der Waals surface area contributed by atoms with E-state index >= 15 is 0 Å². The van der Waals surface area contributed by atoms with Crippen LogP contribution in [-0.2, 0) is 9.53 Å². The lowest BCUT2D eigenvalue weighted by atomic mass is 10.1. The Kier molecular flexibility index (Phi) is 2.87. The molecule has 0 aromatic carbocycles. The van der Waals surface area contributed by atoms with Gasteiger partial charge >= 0.3 is 0 Å². The number of nitrogens with one attached hydrogen (secondary N) is 1. The minimum absolute atomic E-state index is 0.0551. The maximum absolute atomic E-state index is 11.3. The van der Waals surface area contributed by atoms with E-state index in [0.717, 1.165) is 6.61 Å². The smallest absolute Gasteiger partial charge is 0.246 e. The van der Waals surface area contributed by atoms with E-state index in [9.17, 15) is 4.79 Å². The minimum atomic E-state index is -0.0551. The van der Waals surface area contributed by atoms with Gasteiger partial charge in [-0.3, -0.25) is 4.79 Å². The van der Waals surface area contributed by atoms with Crippen LogP contribution in [0.5, 0.6) is 0 Å². The van der Waals surface area contributed by atoms with E-state index in [2.05, 4.69) is 11.9 Å². The van der Waals surface area contributed by atoms with Crippen molar-refractivity contribution in [2.24, 2.45) is 0 Å². The molecular weight excluding hydrogens is 154 g/mol. The standard InChI is InChI=1S/C9H15NO2/c1-6(2)10-9(11)7(3)4-8-5-12-8/h6,8H,3-5H2,1-2H3,(H,10,11). The molecule has 1 N–H and O–H groups in total. The molecule has 0 radical (unpaired) electrons. The predicted octanol–water partition coefficient (Wildman–Crippen LogP) is 0.856. The second-order valence-electron chi connectivity index (χ2n) is 3.39. The Bertz CT molecular complexity index is 181. The van der Waals surface area contributed by atoms with Gasteiger partial charge < -0.3 is 10.1 Å². The van der Waals surface area contributed by atoms with Gasteiger partial charge in [-0.15, -0.1) is 0 Å². The van der Waals surface area contributed by atoms with Crippen LogP contribution in [0.4, 0.5) is 0 Å². The van der Waals surface area contributed by atoms with Gasteiger partial charge in [-0.25, -0.2) is 0 Å². The highest BCUT2D eigenvalue weighted by molar-refractivity contribution is 5.92. The van der Waals surface area contributed by atoms with Crippen LogP contribution in [0.3, 0.4) is 0 Å². The molecule has 0 aromatic rings. The molecule has 0 saturated carbocycles. The molecule has 0 spiro atoms. The van der Waals surface area contributed by atoms with Crippen molar-refractivity contribution in [1.82, 2.24) is 5.32 Å². The molecule has 0 bridgehead atoms. The van der Waals surface area contributed by atoms with Crippen molar-refractivity contribution < 1.29 is 9.53 Å². The molecule has 3 heteroatoms. The van der Waals surface area contributed by atoms with E-state index in [0.29, 0.717) is 12.0 Å². The number of hydrogen-bond donors (Lipinski definition) is 1. The number of epoxide rings is 1. The van der Waals surface area contributed by atoms with Gasteiger partial charge in [-0.2, -0.15) is 0 Å². The molecule has 1 atom stereocenters. The minimum Gasteiger partial charge on any atom is -0.373 e. The number of ether oxygens (including phenoxy) is 1. The second kappa shape index (κ2) is 3.72. The van der Waals surface area contributed by atoms with E-state index in [1.54, 1.807) is 0 Å². The Morgan fingerprint density at radius 2 is 2.33 bits per heavy atom. The predicted molar refractivity (Wildman–Crippen MR) is 46.8 cm³/mol. The molecule has 68 valence electrons. The molecule has 1 fully saturated rings. The molecule has 1 rings (SSSR count). The molecule has 1 aliphatic rings. The highest BCUT2D eigenvalue weighted by Crippen LogP contribution is 2.17. The molecule has 12 heavy (non-hydrogen) atoms. The monoisotopic (exact) mass is 169 g/mol. The zero-order valence-corrected chi connectivity index (χ0v) is 7.59. The van der Waals surface area contributed by atoms with Gasteiger partial charge in [0, 0.05) is 18.0 Å². The summed E-state index contributed by atoms with van der Waals surface area (Å²) in [5.74, 6) is -0.0551. The SMILES string of the molecule is C=C(CC1CO1)C(=O)NC(C)C. The Morgan fingerprint density at radius 1 is 1.75 bits per heavy atom. The Morgan fingerprint density at radius 3 is 2.75 bits per heavy atom. The normalized spacial score (nSPS) is 20.8. The fourth-order valence-electron chi connectivity index (χ4n) is 0.918. The largest absolute Gasteiger partial charge is 0.373 e. The number of amides is 1. The summed E-state index contributed by atoms with van der Waals surface area (Å²) in [7, 11) is 0. The summed E-state index contributed by atoms with van der Waals surface area (Å²) in [6, 6.07) is 0.175. The van der Waals surface area contributed by atoms with Crippen molar-refractivity contribution in [3.8, 4) is 0 Å². The zero-order chi connectivity index (χ0) is 9.14. The van der Waals surface area contributed by atoms with Crippen molar-refractivity contribution >= 4 is 5.91 Å². The first-order valence-electron chi connectivity index (χ1n) is 4.20. The second-order valence-corrected chi connectivity index (χ2v) is 3.39. The highest BCUT2D eigenvalue weighted by atomic mass is 16.6. The van der Waals surface area contributed by atoms with Crippen LogP contribution in [0.25, 0.3) is 0 Å². The quantitative estimate of drug-likeness (QED) is 0.501. The first-order chi connectivity index (χ1) is 5.59. The Hall–Kier alpha value is -0.830. The van der Waals surface area contributed by atoms with E-state index in [1.165, 1.54) is 0 Å². The van der Waals surface area contributed by atoms with Gasteiger partial charge in [0.25, 0.3) is 0 Å². The number of rotatable bonds is 4. The van der Waals surface area contributed by atoms with Crippen LogP contribution in [0.15, 0.2) is 12.2 Å². The van der Waals surface area contributed by atoms with Crippen molar-refractivity contribution in [2.75, 3.05) is 6.61 Å². The molecule has 1 unspecified atom stereocenters. The van der Waals surface area contributed by atoms with Gasteiger partial charge in [-0.05, 0) is 13.8 Å². The van der Waals surface area contributed by atoms with Crippen LogP contribution < -0.4 is 5.32 Å². The van der Waals surface area contributed by atoms with Crippen LogP contribution in [0.2, 0.25) is 0 Å². The fraction of sp³-hybridized carbons (Fsp3) is 0.667. The molecule has 3 nitrogen and oxygen atoms in total. The van der Waals surface area contributed by atoms with E-state index in [1.807, 2.05) is 13.8 Å². The average Bonchev–Trinajstić information content (AvgIpc) is 2.70. The average molecular weight is 169 g/mol. The lowest BCUT2D eigenvalue weighted by Crippen LogP contribution is -2.31. The molecule has 0 aliphatic carbocycles. The van der Waals surface area contributed by atoms with E-state index < -0.39 is 0 Å². The first kappa shape index (κ1) is 9.26. The molecule has 0 aromatic heterocycles. The summed E-state index contributed by atoms with van der Waals surface area (Å²) in [4.78, 5) is 11.3. The van der Waals surface area contributed by atoms with Gasteiger partial charge in [0.2, 0.25) is 5.91 Å². The van der Waals surface area contributed by atoms with Crippen LogP contribution in [0.1, 0.15) is 20.3 Å². The number of hydrogen-bond acceptors (Lipinski definition) is 2. The van der Waals surface area contributed by atoms with Gasteiger partial charge in [0.15, 0.2) is 0 Å². The summed E-state index contributed by atoms with van der Waals surface area (Å²) < 4.78 is 4.99. The topological polar surface area (TPSA) is 41.6 Å². The van der Waals surface area contributed by atoms with Crippen molar-refractivity contribution in [2.45, 2.75) is 32.4 Å². The summed E-state index contributed by atoms with van der Waals surface area (Å²) in [6.07, 6.45) is 0.911. The third-order valence-electron chi connectivity index (χ3n) is 1.62. The summed E-state index contributed by atoms with van der Waals surface area (Å²) in [5.41, 5.74) is 0.617. The maximum atomic E-state index is 11.3. The highest BCUT2D eigenvalue weighted by Gasteiger charge is 2.25. The Balaban J connectivity index is 2.25. The van der Waals surface area contributed by atoms with Crippen molar-refractivity contribution in [3.05, 3.63) is 12.2 Å². The Labute approximate surface area is 72.8 Å². The van der Waals surface area contributed by atoms with Gasteiger partial charge in [0.05, 0.1) is 12.7 Å².